The average molecular weight is 325 g/mol. The van der Waals surface area contributed by atoms with E-state index in [1.54, 1.807) is 0 Å². The molecule has 0 aliphatic carbocycles. The number of nitrogens with zero attached hydrogens (tertiary/aromatic N) is 1. The molecule has 4 nitrogen and oxygen atoms in total. The summed E-state index contributed by atoms with van der Waals surface area (Å²) in [5.41, 5.74) is 5.05. The second kappa shape index (κ2) is 6.46. The van der Waals surface area contributed by atoms with Crippen LogP contribution in [0.25, 0.3) is 11.0 Å². The van der Waals surface area contributed by atoms with E-state index in [0.29, 0.717) is 0 Å². The Hall–Kier alpha value is -2.27. The van der Waals surface area contributed by atoms with Crippen molar-refractivity contribution in [1.29, 1.82) is 0 Å². The Bertz CT molecular complexity index is 856. The van der Waals surface area contributed by atoms with E-state index >= 15 is 0 Å². The highest BCUT2D eigenvalue weighted by Crippen LogP contribution is 2.25. The van der Waals surface area contributed by atoms with Crippen LogP contribution in [-0.2, 0) is 4.79 Å². The summed E-state index contributed by atoms with van der Waals surface area (Å²) in [6, 6.07) is 13.9. The lowest BCUT2D eigenvalue weighted by Gasteiger charge is -2.10. The molecule has 3 rings (SSSR count). The normalized spacial score (nSPS) is 12.3. The van der Waals surface area contributed by atoms with E-state index in [0.717, 1.165) is 27.4 Å². The van der Waals surface area contributed by atoms with Crippen LogP contribution >= 0.6 is 11.8 Å². The van der Waals surface area contributed by atoms with Crippen LogP contribution in [0, 0.1) is 13.8 Å². The van der Waals surface area contributed by atoms with E-state index in [4.69, 9.17) is 0 Å². The number of carbonyl (C=O) groups is 1. The molecule has 0 radical (unpaired) electrons. The summed E-state index contributed by atoms with van der Waals surface area (Å²) in [4.78, 5) is 20.1. The minimum atomic E-state index is -0.239. The van der Waals surface area contributed by atoms with Gasteiger partial charge in [-0.2, -0.15) is 0 Å². The molecule has 0 unspecified atom stereocenters. The van der Waals surface area contributed by atoms with E-state index in [2.05, 4.69) is 21.4 Å². The molecular formula is C18H19N3OS. The van der Waals surface area contributed by atoms with Crippen LogP contribution in [0.3, 0.4) is 0 Å². The number of nitrogens with one attached hydrogen (secondary N) is 2. The van der Waals surface area contributed by atoms with Crippen molar-refractivity contribution in [2.24, 2.45) is 0 Å². The minimum absolute atomic E-state index is 0.0303. The van der Waals surface area contributed by atoms with Crippen LogP contribution in [0.1, 0.15) is 18.1 Å². The van der Waals surface area contributed by atoms with Gasteiger partial charge in [-0.05, 0) is 56.2 Å². The molecule has 3 aromatic rings. The number of rotatable bonds is 4. The fourth-order valence-corrected chi connectivity index (χ4v) is 3.16. The van der Waals surface area contributed by atoms with Gasteiger partial charge in [0, 0.05) is 5.69 Å². The molecule has 1 amide bonds. The third-order valence-corrected chi connectivity index (χ3v) is 4.54. The highest BCUT2D eigenvalue weighted by Gasteiger charge is 2.16. The third-order valence-electron chi connectivity index (χ3n) is 3.56. The van der Waals surface area contributed by atoms with E-state index in [1.807, 2.05) is 57.2 Å². The summed E-state index contributed by atoms with van der Waals surface area (Å²) in [6.45, 7) is 5.93. The van der Waals surface area contributed by atoms with Crippen LogP contribution in [-0.4, -0.2) is 21.1 Å². The van der Waals surface area contributed by atoms with Crippen LogP contribution in [0.4, 0.5) is 5.69 Å². The standard InChI is InChI=1S/C18H19N3OS/c1-11-5-4-6-14(9-11)19-17(22)13(3)23-18-20-15-8-7-12(2)10-16(15)21-18/h4-10,13H,1-3H3,(H,19,22)(H,20,21)/t13-/m1/s1. The minimum Gasteiger partial charge on any atom is -0.333 e. The van der Waals surface area contributed by atoms with Crippen LogP contribution < -0.4 is 5.32 Å². The van der Waals surface area contributed by atoms with Gasteiger partial charge in [-0.15, -0.1) is 0 Å². The quantitative estimate of drug-likeness (QED) is 0.703. The molecule has 0 spiro atoms. The highest BCUT2D eigenvalue weighted by molar-refractivity contribution is 8.00. The Balaban J connectivity index is 1.69. The molecule has 2 aromatic carbocycles. The van der Waals surface area contributed by atoms with Crippen LogP contribution in [0.2, 0.25) is 0 Å². The zero-order chi connectivity index (χ0) is 16.4. The van der Waals surface area contributed by atoms with E-state index in [-0.39, 0.29) is 11.2 Å². The molecule has 0 bridgehead atoms. The van der Waals surface area contributed by atoms with Crippen molar-refractivity contribution < 1.29 is 4.79 Å². The summed E-state index contributed by atoms with van der Waals surface area (Å²) in [5, 5.41) is 3.47. The molecule has 118 valence electrons. The van der Waals surface area contributed by atoms with Gasteiger partial charge in [0.1, 0.15) is 0 Å². The Morgan fingerprint density at radius 3 is 2.74 bits per heavy atom. The third kappa shape index (κ3) is 3.74. The molecule has 0 aliphatic heterocycles. The summed E-state index contributed by atoms with van der Waals surface area (Å²) in [5.74, 6) is -0.0303. The number of aromatic amines is 1. The van der Waals surface area contributed by atoms with Gasteiger partial charge in [-0.3, -0.25) is 4.79 Å². The lowest BCUT2D eigenvalue weighted by Crippen LogP contribution is -2.22. The highest BCUT2D eigenvalue weighted by atomic mass is 32.2. The van der Waals surface area contributed by atoms with Crippen LogP contribution in [0.5, 0.6) is 0 Å². The van der Waals surface area contributed by atoms with Gasteiger partial charge in [0.15, 0.2) is 5.16 Å². The molecule has 0 aliphatic rings. The number of amides is 1. The Kier molecular flexibility index (Phi) is 4.39. The Morgan fingerprint density at radius 1 is 1.17 bits per heavy atom. The van der Waals surface area contributed by atoms with E-state index in [9.17, 15) is 4.79 Å². The summed E-state index contributed by atoms with van der Waals surface area (Å²) in [7, 11) is 0. The SMILES string of the molecule is Cc1cccc(NC(=O)[C@@H](C)Sc2nc3ccc(C)cc3[nH]2)c1. The van der Waals surface area contributed by atoms with Crippen molar-refractivity contribution in [3.63, 3.8) is 0 Å². The number of fused-ring (bicyclic) bond motifs is 1. The maximum absolute atomic E-state index is 12.3. The second-order valence-corrected chi connectivity index (χ2v) is 7.01. The molecule has 23 heavy (non-hydrogen) atoms. The fraction of sp³-hybridized carbons (Fsp3) is 0.222. The largest absolute Gasteiger partial charge is 0.333 e. The number of hydrogen-bond donors (Lipinski definition) is 2. The van der Waals surface area contributed by atoms with Gasteiger partial charge in [0.25, 0.3) is 0 Å². The Labute approximate surface area is 139 Å². The zero-order valence-electron chi connectivity index (χ0n) is 13.4. The van der Waals surface area contributed by atoms with Gasteiger partial charge in [-0.25, -0.2) is 4.98 Å². The number of carbonyl (C=O) groups excluding carboxylic acids is 1. The molecular weight excluding hydrogens is 306 g/mol. The van der Waals surface area contributed by atoms with Crippen molar-refractivity contribution in [1.82, 2.24) is 9.97 Å². The predicted octanol–water partition coefficient (Wildman–Crippen LogP) is 4.30. The van der Waals surface area contributed by atoms with Crippen molar-refractivity contribution in [3.05, 3.63) is 53.6 Å². The molecule has 0 saturated carbocycles. The summed E-state index contributed by atoms with van der Waals surface area (Å²) < 4.78 is 0. The van der Waals surface area contributed by atoms with Gasteiger partial charge in [-0.1, -0.05) is 30.0 Å². The number of benzene rings is 2. The first kappa shape index (κ1) is 15.6. The number of H-pyrrole nitrogens is 1. The first-order chi connectivity index (χ1) is 11.0. The maximum atomic E-state index is 12.3. The number of imidazole rings is 1. The zero-order valence-corrected chi connectivity index (χ0v) is 14.2. The number of aryl methyl sites for hydroxylation is 2. The smallest absolute Gasteiger partial charge is 0.237 e. The number of anilines is 1. The molecule has 0 fully saturated rings. The first-order valence-corrected chi connectivity index (χ1v) is 8.40. The number of aromatic nitrogens is 2. The van der Waals surface area contributed by atoms with Crippen molar-refractivity contribution >= 4 is 34.4 Å². The number of hydrogen-bond acceptors (Lipinski definition) is 3. The van der Waals surface area contributed by atoms with Gasteiger partial charge in [0.05, 0.1) is 16.3 Å². The lowest BCUT2D eigenvalue weighted by atomic mass is 10.2. The topological polar surface area (TPSA) is 57.8 Å². The summed E-state index contributed by atoms with van der Waals surface area (Å²) in [6.07, 6.45) is 0. The molecule has 0 saturated heterocycles. The summed E-state index contributed by atoms with van der Waals surface area (Å²) >= 11 is 1.43. The van der Waals surface area contributed by atoms with E-state index < -0.39 is 0 Å². The van der Waals surface area contributed by atoms with Gasteiger partial charge in [0.2, 0.25) is 5.91 Å². The molecule has 1 aromatic heterocycles. The molecule has 1 atom stereocenters. The van der Waals surface area contributed by atoms with Crippen molar-refractivity contribution in [2.45, 2.75) is 31.2 Å². The molecule has 1 heterocycles. The Morgan fingerprint density at radius 2 is 1.96 bits per heavy atom. The van der Waals surface area contributed by atoms with Gasteiger partial charge >= 0.3 is 0 Å². The van der Waals surface area contributed by atoms with Crippen LogP contribution in [0.15, 0.2) is 47.6 Å². The molecule has 2 N–H and O–H groups in total. The number of thioether (sulfide) groups is 1. The second-order valence-electron chi connectivity index (χ2n) is 5.68. The predicted molar refractivity (Wildman–Crippen MR) is 96.0 cm³/mol. The monoisotopic (exact) mass is 325 g/mol. The average Bonchev–Trinajstić information content (AvgIpc) is 2.88. The first-order valence-electron chi connectivity index (χ1n) is 7.52. The van der Waals surface area contributed by atoms with Gasteiger partial charge < -0.3 is 10.3 Å². The van der Waals surface area contributed by atoms with Crippen molar-refractivity contribution in [2.75, 3.05) is 5.32 Å². The lowest BCUT2D eigenvalue weighted by molar-refractivity contribution is -0.115. The fourth-order valence-electron chi connectivity index (χ4n) is 2.34. The maximum Gasteiger partial charge on any atom is 0.237 e. The molecule has 5 heteroatoms. The van der Waals surface area contributed by atoms with E-state index in [1.165, 1.54) is 17.3 Å². The van der Waals surface area contributed by atoms with Crippen molar-refractivity contribution in [3.8, 4) is 0 Å².